The van der Waals surface area contributed by atoms with Crippen LogP contribution in [0.4, 0.5) is 0 Å². The zero-order valence-electron chi connectivity index (χ0n) is 16.6. The van der Waals surface area contributed by atoms with Crippen molar-refractivity contribution < 1.29 is 9.53 Å². The van der Waals surface area contributed by atoms with Crippen molar-refractivity contribution in [3.63, 3.8) is 0 Å². The van der Waals surface area contributed by atoms with E-state index in [0.29, 0.717) is 12.1 Å². The molecule has 1 atom stereocenters. The number of hydrogen-bond donors (Lipinski definition) is 0. The Morgan fingerprint density at radius 1 is 1.14 bits per heavy atom. The van der Waals surface area contributed by atoms with Crippen molar-refractivity contribution in [2.45, 2.75) is 18.9 Å². The van der Waals surface area contributed by atoms with Crippen LogP contribution in [-0.2, 0) is 14.1 Å². The molecule has 0 aliphatic carbocycles. The Morgan fingerprint density at radius 2 is 1.86 bits per heavy atom. The summed E-state index contributed by atoms with van der Waals surface area (Å²) in [6.07, 6.45) is 3.21. The van der Waals surface area contributed by atoms with Gasteiger partial charge in [-0.1, -0.05) is 12.1 Å². The number of methoxy groups -OCH3 is 1. The number of carbonyl (C=O) groups is 1. The van der Waals surface area contributed by atoms with Crippen LogP contribution in [0.5, 0.6) is 5.75 Å². The molecule has 29 heavy (non-hydrogen) atoms. The fraction of sp³-hybridized carbons (Fsp3) is 0.333. The number of aromatic nitrogens is 3. The van der Waals surface area contributed by atoms with Gasteiger partial charge in [-0.15, -0.1) is 0 Å². The molecule has 1 aromatic carbocycles. The molecular formula is C21H22N4O4. The molecule has 150 valence electrons. The summed E-state index contributed by atoms with van der Waals surface area (Å²) in [6.45, 7) is 0.638. The monoisotopic (exact) mass is 394 g/mol. The molecule has 8 heteroatoms. The van der Waals surface area contributed by atoms with Gasteiger partial charge in [-0.2, -0.15) is 0 Å². The molecule has 1 amide bonds. The van der Waals surface area contributed by atoms with Crippen molar-refractivity contribution in [2.24, 2.45) is 14.1 Å². The summed E-state index contributed by atoms with van der Waals surface area (Å²) in [5, 5.41) is 0.251. The van der Waals surface area contributed by atoms with E-state index in [9.17, 15) is 14.4 Å². The highest BCUT2D eigenvalue weighted by atomic mass is 16.5. The maximum absolute atomic E-state index is 13.2. The fourth-order valence-electron chi connectivity index (χ4n) is 3.93. The molecule has 1 aliphatic rings. The minimum atomic E-state index is -0.460. The van der Waals surface area contributed by atoms with E-state index in [-0.39, 0.29) is 23.0 Å². The second-order valence-corrected chi connectivity index (χ2v) is 7.23. The van der Waals surface area contributed by atoms with Crippen LogP contribution in [-0.4, -0.2) is 38.6 Å². The van der Waals surface area contributed by atoms with Gasteiger partial charge in [0.05, 0.1) is 24.1 Å². The quantitative estimate of drug-likeness (QED) is 0.674. The first-order chi connectivity index (χ1) is 13.9. The van der Waals surface area contributed by atoms with Gasteiger partial charge in [-0.05, 0) is 36.6 Å². The molecule has 1 saturated heterocycles. The van der Waals surface area contributed by atoms with Gasteiger partial charge in [0, 0.05) is 26.8 Å². The molecule has 4 rings (SSSR count). The molecule has 0 N–H and O–H groups in total. The topological polar surface area (TPSA) is 86.4 Å². The molecule has 0 spiro atoms. The molecule has 0 radical (unpaired) electrons. The summed E-state index contributed by atoms with van der Waals surface area (Å²) >= 11 is 0. The van der Waals surface area contributed by atoms with E-state index in [1.807, 2.05) is 29.2 Å². The highest BCUT2D eigenvalue weighted by Gasteiger charge is 2.31. The second-order valence-electron chi connectivity index (χ2n) is 7.23. The Labute approximate surface area is 167 Å². The number of pyridine rings is 1. The molecule has 1 unspecified atom stereocenters. The molecule has 2 aromatic heterocycles. The summed E-state index contributed by atoms with van der Waals surface area (Å²) in [4.78, 5) is 43.9. The van der Waals surface area contributed by atoms with E-state index >= 15 is 0 Å². The number of fused-ring (bicyclic) bond motifs is 1. The predicted octanol–water partition coefficient (Wildman–Crippen LogP) is 1.62. The van der Waals surface area contributed by atoms with Gasteiger partial charge in [-0.3, -0.25) is 18.7 Å². The minimum Gasteiger partial charge on any atom is -0.497 e. The Morgan fingerprint density at radius 3 is 2.55 bits per heavy atom. The predicted molar refractivity (Wildman–Crippen MR) is 108 cm³/mol. The van der Waals surface area contributed by atoms with Crippen LogP contribution in [0.15, 0.2) is 46.1 Å². The van der Waals surface area contributed by atoms with Crippen molar-refractivity contribution in [3.05, 3.63) is 68.5 Å². The number of aryl methyl sites for hydroxylation is 1. The third-order valence-electron chi connectivity index (χ3n) is 5.55. The van der Waals surface area contributed by atoms with Crippen molar-refractivity contribution >= 4 is 16.9 Å². The lowest BCUT2D eigenvalue weighted by Crippen LogP contribution is -2.37. The number of carbonyl (C=O) groups excluding carboxylic acids is 1. The smallest absolute Gasteiger partial charge is 0.332 e. The maximum atomic E-state index is 13.2. The highest BCUT2D eigenvalue weighted by molar-refractivity contribution is 5.97. The van der Waals surface area contributed by atoms with Crippen LogP contribution in [0, 0.1) is 0 Å². The number of hydrogen-bond acceptors (Lipinski definition) is 5. The van der Waals surface area contributed by atoms with E-state index in [1.165, 1.54) is 23.9 Å². The summed E-state index contributed by atoms with van der Waals surface area (Å²) in [7, 11) is 4.59. The molecule has 3 heterocycles. The van der Waals surface area contributed by atoms with Gasteiger partial charge in [0.2, 0.25) is 0 Å². The lowest BCUT2D eigenvalue weighted by molar-refractivity contribution is 0.0735. The normalized spacial score (nSPS) is 16.4. The first kappa shape index (κ1) is 18.9. The average molecular weight is 394 g/mol. The van der Waals surface area contributed by atoms with Crippen LogP contribution in [0.25, 0.3) is 11.0 Å². The van der Waals surface area contributed by atoms with Crippen LogP contribution in [0.3, 0.4) is 0 Å². The lowest BCUT2D eigenvalue weighted by atomic mass is 10.0. The Balaban J connectivity index is 1.72. The number of amides is 1. The number of benzene rings is 1. The standard InChI is InChI=1S/C21H22N4O4/c1-23-18-16(20(27)24(2)21(23)28)11-14(12-22-18)19(26)25-10-4-5-17(25)13-6-8-15(29-3)9-7-13/h6-9,11-12,17H,4-5,10H2,1-3H3. The van der Waals surface area contributed by atoms with E-state index in [1.54, 1.807) is 14.2 Å². The van der Waals surface area contributed by atoms with Crippen LogP contribution >= 0.6 is 0 Å². The molecule has 8 nitrogen and oxygen atoms in total. The summed E-state index contributed by atoms with van der Waals surface area (Å²) in [6, 6.07) is 9.22. The number of ether oxygens (including phenoxy) is 1. The Bertz CT molecular complexity index is 1210. The zero-order valence-corrected chi connectivity index (χ0v) is 16.6. The van der Waals surface area contributed by atoms with Gasteiger partial charge >= 0.3 is 5.69 Å². The molecule has 1 fully saturated rings. The molecule has 0 bridgehead atoms. The number of rotatable bonds is 3. The van der Waals surface area contributed by atoms with Gasteiger partial charge < -0.3 is 9.64 Å². The molecule has 3 aromatic rings. The number of likely N-dealkylation sites (tertiary alicyclic amines) is 1. The Hall–Kier alpha value is -3.42. The highest BCUT2D eigenvalue weighted by Crippen LogP contribution is 2.34. The first-order valence-corrected chi connectivity index (χ1v) is 9.43. The average Bonchev–Trinajstić information content (AvgIpc) is 3.25. The van der Waals surface area contributed by atoms with Gasteiger partial charge in [0.15, 0.2) is 0 Å². The summed E-state index contributed by atoms with van der Waals surface area (Å²) in [5.41, 5.74) is 0.742. The second kappa shape index (κ2) is 7.20. The SMILES string of the molecule is COc1ccc(C2CCCN2C(=O)c2cnc3c(c2)c(=O)n(C)c(=O)n3C)cc1. The molecule has 0 saturated carbocycles. The van der Waals surface area contributed by atoms with E-state index in [4.69, 9.17) is 4.74 Å². The van der Waals surface area contributed by atoms with Crippen LogP contribution < -0.4 is 16.0 Å². The lowest BCUT2D eigenvalue weighted by Gasteiger charge is -2.25. The summed E-state index contributed by atoms with van der Waals surface area (Å²) in [5.74, 6) is 0.596. The number of nitrogens with zero attached hydrogens (tertiary/aromatic N) is 4. The fourth-order valence-corrected chi connectivity index (χ4v) is 3.93. The third kappa shape index (κ3) is 3.10. The van der Waals surface area contributed by atoms with Gasteiger partial charge in [0.25, 0.3) is 11.5 Å². The minimum absolute atomic E-state index is 0.0351. The van der Waals surface area contributed by atoms with Gasteiger partial charge in [-0.25, -0.2) is 9.78 Å². The largest absolute Gasteiger partial charge is 0.497 e. The molecular weight excluding hydrogens is 372 g/mol. The maximum Gasteiger partial charge on any atom is 0.332 e. The van der Waals surface area contributed by atoms with Gasteiger partial charge in [0.1, 0.15) is 11.4 Å². The van der Waals surface area contributed by atoms with Crippen molar-refractivity contribution in [1.82, 2.24) is 19.0 Å². The van der Waals surface area contributed by atoms with Crippen molar-refractivity contribution in [3.8, 4) is 5.75 Å². The Kier molecular flexibility index (Phi) is 4.70. The zero-order chi connectivity index (χ0) is 20.7. The summed E-state index contributed by atoms with van der Waals surface area (Å²) < 4.78 is 7.54. The van der Waals surface area contributed by atoms with Crippen LogP contribution in [0.1, 0.15) is 34.8 Å². The van der Waals surface area contributed by atoms with E-state index in [0.717, 1.165) is 28.7 Å². The third-order valence-corrected chi connectivity index (χ3v) is 5.55. The van der Waals surface area contributed by atoms with E-state index < -0.39 is 11.2 Å². The van der Waals surface area contributed by atoms with Crippen molar-refractivity contribution in [1.29, 1.82) is 0 Å². The van der Waals surface area contributed by atoms with Crippen LogP contribution in [0.2, 0.25) is 0 Å². The van der Waals surface area contributed by atoms with Crippen molar-refractivity contribution in [2.75, 3.05) is 13.7 Å². The molecule has 1 aliphatic heterocycles. The first-order valence-electron chi connectivity index (χ1n) is 9.43. The van der Waals surface area contributed by atoms with E-state index in [2.05, 4.69) is 4.98 Å².